The Kier molecular flexibility index (Phi) is 7.87. The predicted molar refractivity (Wildman–Crippen MR) is 318 cm³/mol. The van der Waals surface area contributed by atoms with Crippen molar-refractivity contribution in [3.05, 3.63) is 205 Å². The first kappa shape index (κ1) is 41.8. The Morgan fingerprint density at radius 2 is 0.720 bits per heavy atom. The summed E-state index contributed by atoms with van der Waals surface area (Å²) in [6, 6.07) is 73.6. The molecule has 0 unspecified atom stereocenters. The minimum absolute atomic E-state index is 0.0237. The molecule has 354 valence electrons. The number of nitrogens with zero attached hydrogens (tertiary/aromatic N) is 4. The average Bonchev–Trinajstić information content (AvgIpc) is 4.17. The zero-order chi connectivity index (χ0) is 50.0. The van der Waals surface area contributed by atoms with E-state index in [9.17, 15) is 0 Å². The van der Waals surface area contributed by atoms with Gasteiger partial charge < -0.3 is 23.4 Å². The number of fused-ring (bicyclic) bond motifs is 17. The first-order chi connectivity index (χ1) is 36.5. The lowest BCUT2D eigenvalue weighted by Crippen LogP contribution is -2.60. The number of hydrogen-bond donors (Lipinski definition) is 0. The molecule has 0 saturated heterocycles. The molecule has 5 nitrogen and oxygen atoms in total. The number of furan rings is 1. The molecule has 0 atom stereocenters. The Balaban J connectivity index is 0.991. The van der Waals surface area contributed by atoms with Gasteiger partial charge >= 0.3 is 0 Å². The van der Waals surface area contributed by atoms with Crippen LogP contribution in [0.25, 0.3) is 76.9 Å². The third kappa shape index (κ3) is 5.35. The van der Waals surface area contributed by atoms with Gasteiger partial charge in [-0.2, -0.15) is 0 Å². The van der Waals surface area contributed by atoms with E-state index in [0.29, 0.717) is 0 Å². The van der Waals surface area contributed by atoms with Crippen molar-refractivity contribution < 1.29 is 4.42 Å². The molecule has 4 aliphatic heterocycles. The van der Waals surface area contributed by atoms with E-state index in [2.05, 4.69) is 255 Å². The number of anilines is 6. The van der Waals surface area contributed by atoms with Crippen LogP contribution in [0.4, 0.5) is 34.1 Å². The molecule has 0 bridgehead atoms. The van der Waals surface area contributed by atoms with Gasteiger partial charge in [0.1, 0.15) is 11.2 Å². The molecule has 7 heterocycles. The summed E-state index contributed by atoms with van der Waals surface area (Å²) in [4.78, 5) is 5.05. The first-order valence-corrected chi connectivity index (χ1v) is 26.7. The van der Waals surface area contributed by atoms with Crippen LogP contribution in [0, 0.1) is 0 Å². The molecular weight excluding hydrogens is 910 g/mol. The second-order valence-electron chi connectivity index (χ2n) is 23.7. The molecule has 0 amide bonds. The third-order valence-corrected chi connectivity index (χ3v) is 17.5. The van der Waals surface area contributed by atoms with E-state index >= 15 is 0 Å². The molecule has 0 N–H and O–H groups in total. The van der Waals surface area contributed by atoms with Gasteiger partial charge in [-0.3, -0.25) is 0 Å². The van der Waals surface area contributed by atoms with Gasteiger partial charge in [-0.05, 0) is 115 Å². The maximum atomic E-state index is 7.34. The summed E-state index contributed by atoms with van der Waals surface area (Å²) in [5.41, 5.74) is 26.7. The smallest absolute Gasteiger partial charge is 0.252 e. The SMILES string of the molecule is CC(C)(C)c1cc2c3c(c1)-n1c4ccccc4c4cccc(c41)B3c1cc3c(cc1N2c1ccccc1)oc1cc2c(cc13)B1c3c(cc(C(C)(C)C)cc3-n3c4ccccc4c4cccc1c43)N2c1ccccc1. The Bertz CT molecular complexity index is 4400. The number of benzene rings is 10. The van der Waals surface area contributed by atoms with Gasteiger partial charge in [-0.15, -0.1) is 0 Å². The minimum atomic E-state index is -0.104. The molecule has 10 aromatic carbocycles. The van der Waals surface area contributed by atoms with Crippen molar-refractivity contribution in [1.29, 1.82) is 0 Å². The van der Waals surface area contributed by atoms with E-state index in [4.69, 9.17) is 4.42 Å². The molecule has 4 aliphatic rings. The van der Waals surface area contributed by atoms with E-state index in [1.807, 2.05) is 0 Å². The van der Waals surface area contributed by atoms with E-state index in [1.165, 1.54) is 110 Å². The monoisotopic (exact) mass is 960 g/mol. The van der Waals surface area contributed by atoms with Crippen molar-refractivity contribution in [1.82, 2.24) is 9.13 Å². The molecule has 0 radical (unpaired) electrons. The Labute approximate surface area is 436 Å². The standard InChI is InChI=1S/C68H50B2N4O/c1-67(2,3)39-31-57-63-59(33-39)73-53-29-15-13-23-43(53)45-25-17-27-49(65(45)73)69(63)51-35-47-48-36-52-56(38-62(48)75-61(47)37-55(51)71(57)41-19-9-7-10-20-41)72(42-21-11-8-12-22-42)58-32-40(68(4,5)6)34-60-64(58)70(52)50-28-18-26-46-44-24-14-16-30-54(44)74(60)66(46)50/h7-38H,1-6H3. The van der Waals surface area contributed by atoms with Crippen molar-refractivity contribution in [3.63, 3.8) is 0 Å². The van der Waals surface area contributed by atoms with Gasteiger partial charge in [-0.1, -0.05) is 163 Å². The Morgan fingerprint density at radius 3 is 1.15 bits per heavy atom. The quantitative estimate of drug-likeness (QED) is 0.162. The summed E-state index contributed by atoms with van der Waals surface area (Å²) in [5, 5.41) is 7.43. The van der Waals surface area contributed by atoms with Gasteiger partial charge in [0.25, 0.3) is 13.4 Å². The van der Waals surface area contributed by atoms with Crippen LogP contribution in [0.5, 0.6) is 0 Å². The maximum absolute atomic E-state index is 7.34. The Hall–Kier alpha value is -8.67. The van der Waals surface area contributed by atoms with E-state index < -0.39 is 0 Å². The molecule has 0 fully saturated rings. The summed E-state index contributed by atoms with van der Waals surface area (Å²) < 4.78 is 12.5. The molecule has 3 aromatic heterocycles. The molecule has 0 spiro atoms. The highest BCUT2D eigenvalue weighted by molar-refractivity contribution is 7.01. The fourth-order valence-corrected chi connectivity index (χ4v) is 14.2. The summed E-state index contributed by atoms with van der Waals surface area (Å²) in [6.07, 6.45) is 0. The zero-order valence-corrected chi connectivity index (χ0v) is 42.8. The van der Waals surface area contributed by atoms with Gasteiger partial charge in [-0.25, -0.2) is 0 Å². The van der Waals surface area contributed by atoms with Crippen molar-refractivity contribution >= 4 is 146 Å². The average molecular weight is 961 g/mol. The topological polar surface area (TPSA) is 29.5 Å². The Morgan fingerprint density at radius 1 is 0.333 bits per heavy atom. The van der Waals surface area contributed by atoms with Gasteiger partial charge in [0.05, 0.1) is 11.0 Å². The normalized spacial score (nSPS) is 14.2. The number of rotatable bonds is 2. The number of hydrogen-bond acceptors (Lipinski definition) is 3. The van der Waals surface area contributed by atoms with Crippen molar-refractivity contribution in [2.75, 3.05) is 9.80 Å². The fraction of sp³-hybridized carbons (Fsp3) is 0.118. The molecule has 7 heteroatoms. The number of para-hydroxylation sites is 6. The van der Waals surface area contributed by atoms with Crippen LogP contribution in [0.3, 0.4) is 0 Å². The molecule has 75 heavy (non-hydrogen) atoms. The van der Waals surface area contributed by atoms with Crippen molar-refractivity contribution in [3.8, 4) is 11.4 Å². The second-order valence-corrected chi connectivity index (χ2v) is 23.7. The molecule has 17 rings (SSSR count). The summed E-state index contributed by atoms with van der Waals surface area (Å²) in [5.74, 6) is 0. The largest absolute Gasteiger partial charge is 0.456 e. The lowest BCUT2D eigenvalue weighted by molar-refractivity contribution is 0.590. The first-order valence-electron chi connectivity index (χ1n) is 26.7. The number of aromatic nitrogens is 2. The highest BCUT2D eigenvalue weighted by Crippen LogP contribution is 2.48. The fourth-order valence-electron chi connectivity index (χ4n) is 14.2. The van der Waals surface area contributed by atoms with Crippen LogP contribution in [-0.4, -0.2) is 22.6 Å². The van der Waals surface area contributed by atoms with E-state index in [0.717, 1.165) is 44.7 Å². The third-order valence-electron chi connectivity index (χ3n) is 17.5. The minimum Gasteiger partial charge on any atom is -0.456 e. The molecular formula is C68H50B2N4O. The summed E-state index contributed by atoms with van der Waals surface area (Å²) >= 11 is 0. The van der Waals surface area contributed by atoms with Crippen molar-refractivity contribution in [2.45, 2.75) is 52.4 Å². The van der Waals surface area contributed by atoms with Gasteiger partial charge in [0, 0.05) is 101 Å². The lowest BCUT2D eigenvalue weighted by atomic mass is 9.33. The van der Waals surface area contributed by atoms with Gasteiger partial charge in [0.2, 0.25) is 0 Å². The van der Waals surface area contributed by atoms with Crippen LogP contribution in [0.15, 0.2) is 199 Å². The van der Waals surface area contributed by atoms with Crippen LogP contribution in [0.2, 0.25) is 0 Å². The lowest BCUT2D eigenvalue weighted by Gasteiger charge is -2.41. The van der Waals surface area contributed by atoms with Gasteiger partial charge in [0.15, 0.2) is 0 Å². The highest BCUT2D eigenvalue weighted by atomic mass is 16.3. The summed E-state index contributed by atoms with van der Waals surface area (Å²) in [7, 11) is 0. The zero-order valence-electron chi connectivity index (χ0n) is 42.8. The van der Waals surface area contributed by atoms with Crippen LogP contribution < -0.4 is 42.6 Å². The van der Waals surface area contributed by atoms with Crippen LogP contribution in [-0.2, 0) is 10.8 Å². The second kappa shape index (κ2) is 14.1. The predicted octanol–water partition coefficient (Wildman–Crippen LogP) is 13.6. The van der Waals surface area contributed by atoms with Crippen LogP contribution in [0.1, 0.15) is 52.7 Å². The summed E-state index contributed by atoms with van der Waals surface area (Å²) in [6.45, 7) is 14.0. The molecule has 0 aliphatic carbocycles. The van der Waals surface area contributed by atoms with E-state index in [1.54, 1.807) is 0 Å². The molecule has 13 aromatic rings. The van der Waals surface area contributed by atoms with Crippen molar-refractivity contribution in [2.24, 2.45) is 0 Å². The molecule has 0 saturated carbocycles. The van der Waals surface area contributed by atoms with Crippen LogP contribution >= 0.6 is 0 Å². The van der Waals surface area contributed by atoms with E-state index in [-0.39, 0.29) is 24.3 Å². The highest BCUT2D eigenvalue weighted by Gasteiger charge is 2.46. The maximum Gasteiger partial charge on any atom is 0.252 e.